The third kappa shape index (κ3) is 4.94. The first-order valence-corrected chi connectivity index (χ1v) is 10.9. The van der Waals surface area contributed by atoms with E-state index in [-0.39, 0.29) is 12.5 Å². The zero-order valence-corrected chi connectivity index (χ0v) is 18.4. The van der Waals surface area contributed by atoms with Crippen LogP contribution < -0.4 is 20.4 Å². The van der Waals surface area contributed by atoms with Gasteiger partial charge in [-0.2, -0.15) is 0 Å². The Kier molecular flexibility index (Phi) is 6.75. The lowest BCUT2D eigenvalue weighted by Gasteiger charge is -2.22. The fraction of sp³-hybridized carbons (Fsp3) is 0.360. The Morgan fingerprint density at radius 2 is 1.94 bits per heavy atom. The minimum Gasteiger partial charge on any atom is -0.497 e. The van der Waals surface area contributed by atoms with E-state index in [4.69, 9.17) is 13.9 Å². The molecule has 1 aliphatic rings. The van der Waals surface area contributed by atoms with Gasteiger partial charge in [-0.3, -0.25) is 9.69 Å². The van der Waals surface area contributed by atoms with Crippen LogP contribution in [0.1, 0.15) is 19.8 Å². The van der Waals surface area contributed by atoms with Crippen molar-refractivity contribution < 1.29 is 18.7 Å². The molecule has 2 aromatic carbocycles. The minimum atomic E-state index is -0.449. The largest absolute Gasteiger partial charge is 0.497 e. The van der Waals surface area contributed by atoms with Crippen LogP contribution in [0.4, 0.5) is 0 Å². The fourth-order valence-electron chi connectivity index (χ4n) is 4.22. The van der Waals surface area contributed by atoms with Crippen molar-refractivity contribution in [1.29, 1.82) is 0 Å². The number of likely N-dealkylation sites (N-methyl/N-ethyl adjacent to an activating group) is 1. The van der Waals surface area contributed by atoms with E-state index in [0.29, 0.717) is 23.9 Å². The standard InChI is InChI=1S/C25H28N2O5/c1-3-27-12-4-5-18(27)15-26-24(28)16-31-20-10-11-21-22(14-25(29)32-23(21)13-20)17-6-8-19(30-2)9-7-17/h6-11,13-14,18H,3-5,12,15-16H2,1-2H3,(H,26,28)/t18-/m1/s1. The van der Waals surface area contributed by atoms with Gasteiger partial charge in [0, 0.05) is 30.1 Å². The van der Waals surface area contributed by atoms with Gasteiger partial charge in [0.05, 0.1) is 7.11 Å². The predicted molar refractivity (Wildman–Crippen MR) is 123 cm³/mol. The van der Waals surface area contributed by atoms with Crippen molar-refractivity contribution in [2.75, 3.05) is 33.4 Å². The number of ether oxygens (including phenoxy) is 2. The summed E-state index contributed by atoms with van der Waals surface area (Å²) in [5.41, 5.74) is 1.60. The maximum atomic E-state index is 12.2. The van der Waals surface area contributed by atoms with Gasteiger partial charge < -0.3 is 19.2 Å². The molecule has 1 aliphatic heterocycles. The molecule has 0 saturated carbocycles. The van der Waals surface area contributed by atoms with Crippen molar-refractivity contribution in [1.82, 2.24) is 10.2 Å². The van der Waals surface area contributed by atoms with Gasteiger partial charge in [0.15, 0.2) is 6.61 Å². The van der Waals surface area contributed by atoms with Crippen LogP contribution in [0.2, 0.25) is 0 Å². The van der Waals surface area contributed by atoms with Crippen LogP contribution in [0.3, 0.4) is 0 Å². The highest BCUT2D eigenvalue weighted by molar-refractivity contribution is 5.93. The highest BCUT2D eigenvalue weighted by Crippen LogP contribution is 2.30. The van der Waals surface area contributed by atoms with Crippen molar-refractivity contribution >= 4 is 16.9 Å². The number of hydrogen-bond acceptors (Lipinski definition) is 6. The number of methoxy groups -OCH3 is 1. The summed E-state index contributed by atoms with van der Waals surface area (Å²) in [6.07, 6.45) is 2.28. The van der Waals surface area contributed by atoms with Crippen LogP contribution >= 0.6 is 0 Å². The van der Waals surface area contributed by atoms with E-state index in [1.165, 1.54) is 12.5 Å². The second-order valence-corrected chi connectivity index (χ2v) is 7.88. The summed E-state index contributed by atoms with van der Waals surface area (Å²) < 4.78 is 16.2. The summed E-state index contributed by atoms with van der Waals surface area (Å²) >= 11 is 0. The highest BCUT2D eigenvalue weighted by Gasteiger charge is 2.23. The number of carbonyl (C=O) groups excluding carboxylic acids is 1. The first-order chi connectivity index (χ1) is 15.6. The molecule has 2 heterocycles. The Morgan fingerprint density at radius 1 is 1.16 bits per heavy atom. The topological polar surface area (TPSA) is 81.0 Å². The number of hydrogen-bond donors (Lipinski definition) is 1. The summed E-state index contributed by atoms with van der Waals surface area (Å²) in [4.78, 5) is 26.8. The SMILES string of the molecule is CCN1CCC[C@@H]1CNC(=O)COc1ccc2c(-c3ccc(OC)cc3)cc(=O)oc2c1. The zero-order valence-electron chi connectivity index (χ0n) is 18.4. The van der Waals surface area contributed by atoms with Crippen LogP contribution in [0.5, 0.6) is 11.5 Å². The molecule has 0 spiro atoms. The van der Waals surface area contributed by atoms with E-state index in [1.54, 1.807) is 19.2 Å². The number of amides is 1. The average molecular weight is 437 g/mol. The van der Waals surface area contributed by atoms with Crippen LogP contribution in [-0.2, 0) is 4.79 Å². The molecule has 0 bridgehead atoms. The zero-order chi connectivity index (χ0) is 22.5. The van der Waals surface area contributed by atoms with Gasteiger partial charge in [0.1, 0.15) is 17.1 Å². The van der Waals surface area contributed by atoms with Gasteiger partial charge in [0.25, 0.3) is 5.91 Å². The molecule has 1 saturated heterocycles. The summed E-state index contributed by atoms with van der Waals surface area (Å²) in [7, 11) is 1.61. The van der Waals surface area contributed by atoms with Crippen molar-refractivity contribution in [3.8, 4) is 22.6 Å². The van der Waals surface area contributed by atoms with Gasteiger partial charge in [-0.25, -0.2) is 4.79 Å². The molecule has 0 unspecified atom stereocenters. The van der Waals surface area contributed by atoms with E-state index in [9.17, 15) is 9.59 Å². The van der Waals surface area contributed by atoms with Gasteiger partial charge >= 0.3 is 5.63 Å². The molecular weight excluding hydrogens is 408 g/mol. The van der Waals surface area contributed by atoms with Crippen molar-refractivity contribution in [3.63, 3.8) is 0 Å². The Balaban J connectivity index is 1.44. The lowest BCUT2D eigenvalue weighted by molar-refractivity contribution is -0.123. The molecule has 4 rings (SSSR count). The lowest BCUT2D eigenvalue weighted by Crippen LogP contribution is -2.41. The summed E-state index contributed by atoms with van der Waals surface area (Å²) in [6.45, 7) is 4.77. The molecule has 3 aromatic rings. The summed E-state index contributed by atoms with van der Waals surface area (Å²) in [5, 5.41) is 3.74. The Hall–Kier alpha value is -3.32. The van der Waals surface area contributed by atoms with Crippen LogP contribution in [0.25, 0.3) is 22.1 Å². The molecule has 32 heavy (non-hydrogen) atoms. The van der Waals surface area contributed by atoms with Crippen LogP contribution in [0.15, 0.2) is 57.7 Å². The average Bonchev–Trinajstić information content (AvgIpc) is 3.28. The van der Waals surface area contributed by atoms with Gasteiger partial charge in [0.2, 0.25) is 0 Å². The predicted octanol–water partition coefficient (Wildman–Crippen LogP) is 3.45. The van der Waals surface area contributed by atoms with E-state index < -0.39 is 5.63 Å². The number of carbonyl (C=O) groups is 1. The second kappa shape index (κ2) is 9.87. The molecule has 1 fully saturated rings. The highest BCUT2D eigenvalue weighted by atomic mass is 16.5. The molecule has 7 nitrogen and oxygen atoms in total. The Bertz CT molecular complexity index is 1140. The summed E-state index contributed by atoms with van der Waals surface area (Å²) in [6, 6.07) is 14.6. The Morgan fingerprint density at radius 3 is 2.69 bits per heavy atom. The molecule has 1 N–H and O–H groups in total. The number of nitrogens with one attached hydrogen (secondary N) is 1. The quantitative estimate of drug-likeness (QED) is 0.545. The minimum absolute atomic E-state index is 0.0905. The summed E-state index contributed by atoms with van der Waals surface area (Å²) in [5.74, 6) is 1.05. The van der Waals surface area contributed by atoms with Gasteiger partial charge in [-0.1, -0.05) is 19.1 Å². The molecule has 1 atom stereocenters. The van der Waals surface area contributed by atoms with Crippen LogP contribution in [-0.4, -0.2) is 50.2 Å². The normalized spacial score (nSPS) is 16.2. The van der Waals surface area contributed by atoms with Gasteiger partial charge in [-0.05, 0) is 61.3 Å². The maximum absolute atomic E-state index is 12.2. The number of nitrogens with zero attached hydrogens (tertiary/aromatic N) is 1. The van der Waals surface area contributed by atoms with Crippen molar-refractivity contribution in [2.24, 2.45) is 0 Å². The lowest BCUT2D eigenvalue weighted by atomic mass is 10.0. The molecule has 7 heteroatoms. The van der Waals surface area contributed by atoms with Gasteiger partial charge in [-0.15, -0.1) is 0 Å². The van der Waals surface area contributed by atoms with E-state index >= 15 is 0 Å². The molecule has 168 valence electrons. The molecule has 1 amide bonds. The van der Waals surface area contributed by atoms with Crippen molar-refractivity contribution in [2.45, 2.75) is 25.8 Å². The van der Waals surface area contributed by atoms with E-state index in [2.05, 4.69) is 17.1 Å². The van der Waals surface area contributed by atoms with Crippen molar-refractivity contribution in [3.05, 3.63) is 59.0 Å². The maximum Gasteiger partial charge on any atom is 0.336 e. The van der Waals surface area contributed by atoms with Crippen LogP contribution in [0, 0.1) is 0 Å². The smallest absolute Gasteiger partial charge is 0.336 e. The number of likely N-dealkylation sites (tertiary alicyclic amines) is 1. The third-order valence-corrected chi connectivity index (χ3v) is 5.93. The molecule has 0 radical (unpaired) electrons. The first-order valence-electron chi connectivity index (χ1n) is 10.9. The second-order valence-electron chi connectivity index (χ2n) is 7.88. The molecular formula is C25H28N2O5. The fourth-order valence-corrected chi connectivity index (χ4v) is 4.22. The number of rotatable bonds is 8. The number of fused-ring (bicyclic) bond motifs is 1. The first kappa shape index (κ1) is 21.9. The number of benzene rings is 2. The third-order valence-electron chi connectivity index (χ3n) is 5.93. The Labute approximate surface area is 186 Å². The molecule has 1 aromatic heterocycles. The molecule has 0 aliphatic carbocycles. The monoisotopic (exact) mass is 436 g/mol. The van der Waals surface area contributed by atoms with E-state index in [0.717, 1.165) is 41.8 Å². The van der Waals surface area contributed by atoms with E-state index in [1.807, 2.05) is 30.3 Å².